The first-order chi connectivity index (χ1) is 13.0. The highest BCUT2D eigenvalue weighted by Crippen LogP contribution is 2.11. The maximum atomic E-state index is 11.9. The highest BCUT2D eigenvalue weighted by atomic mass is 16.6. The minimum absolute atomic E-state index is 0.0523. The molecule has 9 heteroatoms. The van der Waals surface area contributed by atoms with Crippen molar-refractivity contribution in [2.24, 2.45) is 5.73 Å². The summed E-state index contributed by atoms with van der Waals surface area (Å²) in [6.45, 7) is 6.55. The van der Waals surface area contributed by atoms with Gasteiger partial charge in [0.2, 0.25) is 5.91 Å². The summed E-state index contributed by atoms with van der Waals surface area (Å²) in [5, 5.41) is 2.66. The topological polar surface area (TPSA) is 120 Å². The number of hydrogen-bond donors (Lipinski definition) is 2. The van der Waals surface area contributed by atoms with E-state index in [9.17, 15) is 14.4 Å². The lowest BCUT2D eigenvalue weighted by atomic mass is 10.2. The molecule has 0 aliphatic carbocycles. The van der Waals surface area contributed by atoms with E-state index in [2.05, 4.69) is 5.32 Å². The van der Waals surface area contributed by atoms with Crippen molar-refractivity contribution in [3.63, 3.8) is 0 Å². The molecule has 0 aliphatic rings. The summed E-state index contributed by atoms with van der Waals surface area (Å²) in [5.74, 6) is -0.794. The molecule has 28 heavy (non-hydrogen) atoms. The van der Waals surface area contributed by atoms with Gasteiger partial charge < -0.3 is 25.3 Å². The van der Waals surface area contributed by atoms with Crippen molar-refractivity contribution in [3.8, 4) is 0 Å². The van der Waals surface area contributed by atoms with Gasteiger partial charge in [-0.05, 0) is 45.4 Å². The van der Waals surface area contributed by atoms with Gasteiger partial charge in [-0.15, -0.1) is 0 Å². The number of benzene rings is 1. The number of ether oxygens (including phenoxy) is 3. The molecule has 1 aromatic carbocycles. The van der Waals surface area contributed by atoms with E-state index in [0.717, 1.165) is 5.56 Å². The molecule has 2 amide bonds. The van der Waals surface area contributed by atoms with Crippen LogP contribution in [0, 0.1) is 0 Å². The van der Waals surface area contributed by atoms with E-state index in [1.165, 1.54) is 11.9 Å². The summed E-state index contributed by atoms with van der Waals surface area (Å²) in [5.41, 5.74) is 6.25. The van der Waals surface area contributed by atoms with Crippen molar-refractivity contribution in [1.82, 2.24) is 4.90 Å². The van der Waals surface area contributed by atoms with Gasteiger partial charge in [-0.2, -0.15) is 0 Å². The molecule has 3 N–H and O–H groups in total. The zero-order valence-corrected chi connectivity index (χ0v) is 17.0. The smallest absolute Gasteiger partial charge is 0.411 e. The Hall–Kier alpha value is -2.65. The van der Waals surface area contributed by atoms with E-state index in [1.807, 2.05) is 0 Å². The van der Waals surface area contributed by atoms with Crippen LogP contribution in [0.4, 0.5) is 10.5 Å². The lowest BCUT2D eigenvalue weighted by Gasteiger charge is -2.20. The fraction of sp³-hybridized carbons (Fsp3) is 0.526. The first kappa shape index (κ1) is 23.4. The van der Waals surface area contributed by atoms with Gasteiger partial charge in [0.15, 0.2) is 0 Å². The fourth-order valence-corrected chi connectivity index (χ4v) is 1.89. The molecule has 1 aromatic rings. The molecule has 9 nitrogen and oxygen atoms in total. The number of carbonyl (C=O) groups excluding carboxylic acids is 3. The summed E-state index contributed by atoms with van der Waals surface area (Å²) in [4.78, 5) is 36.2. The van der Waals surface area contributed by atoms with Crippen molar-refractivity contribution >= 4 is 23.7 Å². The van der Waals surface area contributed by atoms with E-state index in [4.69, 9.17) is 19.9 Å². The largest absolute Gasteiger partial charge is 0.458 e. The molecule has 0 unspecified atom stereocenters. The number of amides is 2. The van der Waals surface area contributed by atoms with Gasteiger partial charge in [-0.1, -0.05) is 12.1 Å². The molecule has 0 spiro atoms. The zero-order chi connectivity index (χ0) is 21.3. The third-order valence-electron chi connectivity index (χ3n) is 3.23. The first-order valence-electron chi connectivity index (χ1n) is 8.81. The minimum atomic E-state index is -0.603. The van der Waals surface area contributed by atoms with Gasteiger partial charge in [0.25, 0.3) is 0 Å². The maximum Gasteiger partial charge on any atom is 0.411 e. The van der Waals surface area contributed by atoms with Gasteiger partial charge in [-0.25, -0.2) is 9.59 Å². The second-order valence-electron chi connectivity index (χ2n) is 7.29. The summed E-state index contributed by atoms with van der Waals surface area (Å²) in [6.07, 6.45) is -0.599. The summed E-state index contributed by atoms with van der Waals surface area (Å²) < 4.78 is 15.4. The van der Waals surface area contributed by atoms with Crippen LogP contribution in [0.25, 0.3) is 0 Å². The van der Waals surface area contributed by atoms with Crippen LogP contribution in [0.15, 0.2) is 24.3 Å². The van der Waals surface area contributed by atoms with E-state index in [1.54, 1.807) is 52.0 Å². The van der Waals surface area contributed by atoms with Gasteiger partial charge in [0.1, 0.15) is 25.5 Å². The Morgan fingerprint density at radius 2 is 1.79 bits per heavy atom. The molecule has 1 atom stereocenters. The molecule has 156 valence electrons. The number of nitrogens with one attached hydrogen (secondary N) is 1. The van der Waals surface area contributed by atoms with Crippen LogP contribution in [0.2, 0.25) is 0 Å². The van der Waals surface area contributed by atoms with Gasteiger partial charge in [0, 0.05) is 12.7 Å². The molecule has 1 rings (SSSR count). The highest BCUT2D eigenvalue weighted by Gasteiger charge is 2.17. The molecular formula is C19H29N3O6. The SMILES string of the molecule is C[C@H](N)C(=O)Nc1ccc(COC(=O)N(C)COCC(=O)OC(C)(C)C)cc1. The molecule has 0 heterocycles. The molecule has 0 saturated carbocycles. The third-order valence-corrected chi connectivity index (χ3v) is 3.23. The van der Waals surface area contributed by atoms with E-state index in [0.29, 0.717) is 5.69 Å². The number of esters is 1. The number of hydrogen-bond acceptors (Lipinski definition) is 7. The third kappa shape index (κ3) is 9.33. The molecule has 0 aromatic heterocycles. The fourth-order valence-electron chi connectivity index (χ4n) is 1.89. The Bertz CT molecular complexity index is 667. The Kier molecular flexibility index (Phi) is 8.87. The standard InChI is InChI=1S/C19H29N3O6/c1-13(20)17(24)21-15-8-6-14(7-9-15)10-27-18(25)22(5)12-26-11-16(23)28-19(2,3)4/h6-9,13H,10-12,20H2,1-5H3,(H,21,24)/t13-/m0/s1. The van der Waals surface area contributed by atoms with Crippen molar-refractivity contribution in [2.75, 3.05) is 25.7 Å². The molecular weight excluding hydrogens is 366 g/mol. The van der Waals surface area contributed by atoms with Crippen molar-refractivity contribution in [3.05, 3.63) is 29.8 Å². The van der Waals surface area contributed by atoms with E-state index in [-0.39, 0.29) is 25.9 Å². The molecule has 0 radical (unpaired) electrons. The van der Waals surface area contributed by atoms with Crippen molar-refractivity contribution in [1.29, 1.82) is 0 Å². The lowest BCUT2D eigenvalue weighted by molar-refractivity contribution is -0.161. The number of nitrogens with zero attached hydrogens (tertiary/aromatic N) is 1. The second-order valence-corrected chi connectivity index (χ2v) is 7.29. The molecule has 0 fully saturated rings. The minimum Gasteiger partial charge on any atom is -0.458 e. The number of carbonyl (C=O) groups is 3. The van der Waals surface area contributed by atoms with Crippen LogP contribution >= 0.6 is 0 Å². The van der Waals surface area contributed by atoms with Crippen molar-refractivity contribution < 1.29 is 28.6 Å². The Labute approximate surface area is 165 Å². The first-order valence-corrected chi connectivity index (χ1v) is 8.81. The van der Waals surface area contributed by atoms with Crippen LogP contribution in [0.5, 0.6) is 0 Å². The van der Waals surface area contributed by atoms with Crippen LogP contribution in [0.3, 0.4) is 0 Å². The number of rotatable bonds is 8. The lowest BCUT2D eigenvalue weighted by Crippen LogP contribution is -2.32. The summed E-state index contributed by atoms with van der Waals surface area (Å²) in [7, 11) is 1.49. The predicted octanol–water partition coefficient (Wildman–Crippen LogP) is 1.86. The van der Waals surface area contributed by atoms with Gasteiger partial charge >= 0.3 is 12.1 Å². The van der Waals surface area contributed by atoms with Crippen LogP contribution < -0.4 is 11.1 Å². The van der Waals surface area contributed by atoms with Crippen LogP contribution in [0.1, 0.15) is 33.3 Å². The number of anilines is 1. The zero-order valence-electron chi connectivity index (χ0n) is 17.0. The normalized spacial score (nSPS) is 12.1. The Balaban J connectivity index is 2.35. The molecule has 0 saturated heterocycles. The van der Waals surface area contributed by atoms with Crippen molar-refractivity contribution in [2.45, 2.75) is 45.9 Å². The Morgan fingerprint density at radius 1 is 1.18 bits per heavy atom. The van der Waals surface area contributed by atoms with E-state index >= 15 is 0 Å². The van der Waals surface area contributed by atoms with Crippen LogP contribution in [-0.4, -0.2) is 54.9 Å². The maximum absolute atomic E-state index is 11.9. The summed E-state index contributed by atoms with van der Waals surface area (Å²) in [6, 6.07) is 6.23. The van der Waals surface area contributed by atoms with E-state index < -0.39 is 23.7 Å². The predicted molar refractivity (Wildman–Crippen MR) is 103 cm³/mol. The summed E-state index contributed by atoms with van der Waals surface area (Å²) >= 11 is 0. The quantitative estimate of drug-likeness (QED) is 0.509. The molecule has 0 bridgehead atoms. The average molecular weight is 395 g/mol. The van der Waals surface area contributed by atoms with Gasteiger partial charge in [-0.3, -0.25) is 9.69 Å². The Morgan fingerprint density at radius 3 is 2.32 bits per heavy atom. The second kappa shape index (κ2) is 10.6. The molecule has 0 aliphatic heterocycles. The van der Waals surface area contributed by atoms with Crippen LogP contribution in [-0.2, 0) is 30.4 Å². The monoisotopic (exact) mass is 395 g/mol. The number of nitrogens with two attached hydrogens (primary N) is 1. The highest BCUT2D eigenvalue weighted by molar-refractivity contribution is 5.94. The average Bonchev–Trinajstić information content (AvgIpc) is 2.59. The van der Waals surface area contributed by atoms with Gasteiger partial charge in [0.05, 0.1) is 6.04 Å².